The van der Waals surface area contributed by atoms with Crippen LogP contribution in [0.5, 0.6) is 0 Å². The van der Waals surface area contributed by atoms with Crippen LogP contribution in [0.15, 0.2) is 30.3 Å². The summed E-state index contributed by atoms with van der Waals surface area (Å²) in [5.41, 5.74) is 1.22. The minimum Gasteiger partial charge on any atom is -0.396 e. The molecule has 1 atom stereocenters. The summed E-state index contributed by atoms with van der Waals surface area (Å²) < 4.78 is 0. The van der Waals surface area contributed by atoms with Crippen molar-refractivity contribution in [2.24, 2.45) is 0 Å². The fraction of sp³-hybridized carbons (Fsp3) is 0.429. The molecule has 0 saturated carbocycles. The minimum absolute atomic E-state index is 0.161. The highest BCUT2D eigenvalue weighted by Crippen LogP contribution is 2.04. The fourth-order valence-electron chi connectivity index (χ4n) is 1.38. The minimum atomic E-state index is -0.557. The maximum Gasteiger partial charge on any atom is 0.115 e. The van der Waals surface area contributed by atoms with E-state index in [1.165, 1.54) is 5.56 Å². The summed E-state index contributed by atoms with van der Waals surface area (Å²) in [4.78, 5) is 0. The summed E-state index contributed by atoms with van der Waals surface area (Å²) >= 11 is 0. The molecule has 0 aliphatic heterocycles. The molecule has 0 bridgehead atoms. The zero-order chi connectivity index (χ0) is 11.6. The number of rotatable bonds is 5. The molecule has 0 aromatic heterocycles. The molecule has 0 aliphatic rings. The first-order chi connectivity index (χ1) is 7.83. The second-order valence-corrected chi connectivity index (χ2v) is 3.69. The largest absolute Gasteiger partial charge is 0.396 e. The van der Waals surface area contributed by atoms with Gasteiger partial charge in [-0.05, 0) is 24.8 Å². The van der Waals surface area contributed by atoms with E-state index in [9.17, 15) is 5.11 Å². The van der Waals surface area contributed by atoms with Crippen molar-refractivity contribution in [1.82, 2.24) is 0 Å². The molecule has 1 rings (SSSR count). The fourth-order valence-corrected chi connectivity index (χ4v) is 1.38. The number of hydrogen-bond donors (Lipinski definition) is 2. The monoisotopic (exact) mass is 218 g/mol. The van der Waals surface area contributed by atoms with Crippen LogP contribution in [0, 0.1) is 11.8 Å². The Kier molecular flexibility index (Phi) is 6.32. The molecule has 2 nitrogen and oxygen atoms in total. The van der Waals surface area contributed by atoms with Crippen molar-refractivity contribution in [1.29, 1.82) is 0 Å². The number of unbranched alkanes of at least 4 members (excludes halogenated alkanes) is 1. The molecule has 1 unspecified atom stereocenters. The maximum atomic E-state index is 9.57. The van der Waals surface area contributed by atoms with E-state index in [1.807, 2.05) is 30.3 Å². The molecule has 1 aromatic rings. The zero-order valence-electron chi connectivity index (χ0n) is 9.39. The van der Waals surface area contributed by atoms with Gasteiger partial charge in [0.2, 0.25) is 0 Å². The van der Waals surface area contributed by atoms with E-state index >= 15 is 0 Å². The third kappa shape index (κ3) is 5.55. The Labute approximate surface area is 96.9 Å². The molecular formula is C14H18O2. The maximum absolute atomic E-state index is 9.57. The van der Waals surface area contributed by atoms with Crippen LogP contribution in [0.1, 0.15) is 24.8 Å². The Balaban J connectivity index is 2.24. The van der Waals surface area contributed by atoms with Crippen LogP contribution in [0.3, 0.4) is 0 Å². The number of aliphatic hydroxyl groups excluding tert-OH is 2. The van der Waals surface area contributed by atoms with E-state index in [4.69, 9.17) is 5.11 Å². The van der Waals surface area contributed by atoms with Gasteiger partial charge in [0.15, 0.2) is 0 Å². The van der Waals surface area contributed by atoms with E-state index in [-0.39, 0.29) is 6.61 Å². The molecule has 0 aliphatic carbocycles. The third-order valence-electron chi connectivity index (χ3n) is 2.28. The van der Waals surface area contributed by atoms with E-state index in [2.05, 4.69) is 11.8 Å². The molecule has 1 aromatic carbocycles. The smallest absolute Gasteiger partial charge is 0.115 e. The summed E-state index contributed by atoms with van der Waals surface area (Å²) in [7, 11) is 0. The van der Waals surface area contributed by atoms with Gasteiger partial charge in [0, 0.05) is 13.0 Å². The highest BCUT2D eigenvalue weighted by atomic mass is 16.3. The summed E-state index contributed by atoms with van der Waals surface area (Å²) in [6.07, 6.45) is 2.28. The number of benzene rings is 1. The van der Waals surface area contributed by atoms with E-state index in [0.717, 1.165) is 6.42 Å². The SMILES string of the molecule is OCCCC#CC(O)CCc1ccccc1. The van der Waals surface area contributed by atoms with Gasteiger partial charge in [-0.1, -0.05) is 36.3 Å². The first kappa shape index (κ1) is 12.8. The Hall–Kier alpha value is -1.30. The van der Waals surface area contributed by atoms with Crippen LogP contribution in [-0.4, -0.2) is 22.9 Å². The highest BCUT2D eigenvalue weighted by Gasteiger charge is 1.99. The van der Waals surface area contributed by atoms with E-state index in [1.54, 1.807) is 0 Å². The van der Waals surface area contributed by atoms with Gasteiger partial charge in [0.05, 0.1) is 0 Å². The first-order valence-corrected chi connectivity index (χ1v) is 5.64. The van der Waals surface area contributed by atoms with Crippen LogP contribution in [-0.2, 0) is 6.42 Å². The Morgan fingerprint density at radius 3 is 2.62 bits per heavy atom. The molecule has 2 heteroatoms. The molecule has 0 fully saturated rings. The van der Waals surface area contributed by atoms with Gasteiger partial charge < -0.3 is 10.2 Å². The molecule has 16 heavy (non-hydrogen) atoms. The van der Waals surface area contributed by atoms with Gasteiger partial charge >= 0.3 is 0 Å². The first-order valence-electron chi connectivity index (χ1n) is 5.64. The van der Waals surface area contributed by atoms with Crippen molar-refractivity contribution < 1.29 is 10.2 Å². The predicted octanol–water partition coefficient (Wildman–Crippen LogP) is 1.76. The van der Waals surface area contributed by atoms with Crippen molar-refractivity contribution >= 4 is 0 Å². The lowest BCUT2D eigenvalue weighted by Crippen LogP contribution is -2.04. The summed E-state index contributed by atoms with van der Waals surface area (Å²) in [6, 6.07) is 10.1. The lowest BCUT2D eigenvalue weighted by molar-refractivity contribution is 0.222. The zero-order valence-corrected chi connectivity index (χ0v) is 9.39. The molecule has 0 heterocycles. The highest BCUT2D eigenvalue weighted by molar-refractivity contribution is 5.15. The van der Waals surface area contributed by atoms with Crippen LogP contribution in [0.25, 0.3) is 0 Å². The molecular weight excluding hydrogens is 200 g/mol. The second kappa shape index (κ2) is 7.92. The Morgan fingerprint density at radius 1 is 1.19 bits per heavy atom. The van der Waals surface area contributed by atoms with Crippen molar-refractivity contribution in [2.75, 3.05) is 6.61 Å². The van der Waals surface area contributed by atoms with E-state index < -0.39 is 6.10 Å². The quantitative estimate of drug-likeness (QED) is 0.584. The second-order valence-electron chi connectivity index (χ2n) is 3.69. The van der Waals surface area contributed by atoms with Gasteiger partial charge in [-0.2, -0.15) is 0 Å². The van der Waals surface area contributed by atoms with Crippen molar-refractivity contribution in [3.8, 4) is 11.8 Å². The molecule has 0 spiro atoms. The molecule has 0 radical (unpaired) electrons. The van der Waals surface area contributed by atoms with Crippen LogP contribution < -0.4 is 0 Å². The molecule has 86 valence electrons. The van der Waals surface area contributed by atoms with Gasteiger partial charge in [0.1, 0.15) is 6.10 Å². The normalized spacial score (nSPS) is 11.6. The lowest BCUT2D eigenvalue weighted by atomic mass is 10.1. The van der Waals surface area contributed by atoms with Gasteiger partial charge in [-0.3, -0.25) is 0 Å². The third-order valence-corrected chi connectivity index (χ3v) is 2.28. The van der Waals surface area contributed by atoms with Crippen molar-refractivity contribution in [3.05, 3.63) is 35.9 Å². The van der Waals surface area contributed by atoms with Crippen molar-refractivity contribution in [2.45, 2.75) is 31.8 Å². The summed E-state index contributed by atoms with van der Waals surface area (Å²) in [5, 5.41) is 18.1. The van der Waals surface area contributed by atoms with Crippen LogP contribution in [0.2, 0.25) is 0 Å². The van der Waals surface area contributed by atoms with Gasteiger partial charge in [-0.15, -0.1) is 5.92 Å². The Bertz CT molecular complexity index is 335. The number of hydrogen-bond acceptors (Lipinski definition) is 2. The van der Waals surface area contributed by atoms with Crippen molar-refractivity contribution in [3.63, 3.8) is 0 Å². The topological polar surface area (TPSA) is 40.5 Å². The molecule has 0 amide bonds. The average Bonchev–Trinajstić information content (AvgIpc) is 2.33. The van der Waals surface area contributed by atoms with Crippen LogP contribution >= 0.6 is 0 Å². The van der Waals surface area contributed by atoms with E-state index in [0.29, 0.717) is 19.3 Å². The molecule has 0 saturated heterocycles. The number of aliphatic hydroxyl groups is 2. The summed E-state index contributed by atoms with van der Waals surface area (Å²) in [6.45, 7) is 0.161. The van der Waals surface area contributed by atoms with Gasteiger partial charge in [-0.25, -0.2) is 0 Å². The Morgan fingerprint density at radius 2 is 1.94 bits per heavy atom. The molecule has 2 N–H and O–H groups in total. The standard InChI is InChI=1S/C14H18O2/c15-12-6-2-5-9-14(16)11-10-13-7-3-1-4-8-13/h1,3-4,7-8,14-16H,2,6,10-12H2. The average molecular weight is 218 g/mol. The summed E-state index contributed by atoms with van der Waals surface area (Å²) in [5.74, 6) is 5.64. The number of aryl methyl sites for hydroxylation is 1. The predicted molar refractivity (Wildman–Crippen MR) is 64.9 cm³/mol. The van der Waals surface area contributed by atoms with Gasteiger partial charge in [0.25, 0.3) is 0 Å². The van der Waals surface area contributed by atoms with Crippen LogP contribution in [0.4, 0.5) is 0 Å². The lowest BCUT2D eigenvalue weighted by Gasteiger charge is -2.03.